The molecule has 3 aromatic rings. The zero-order chi connectivity index (χ0) is 26.1. The van der Waals surface area contributed by atoms with Crippen molar-refractivity contribution in [2.75, 3.05) is 11.9 Å². The van der Waals surface area contributed by atoms with Gasteiger partial charge in [-0.3, -0.25) is 15.5 Å². The maximum Gasteiger partial charge on any atom is 0.423 e. The highest BCUT2D eigenvalue weighted by Gasteiger charge is 2.57. The molecule has 0 radical (unpaired) electrons. The van der Waals surface area contributed by atoms with E-state index >= 15 is 0 Å². The molecule has 5 rings (SSSR count). The molecule has 190 valence electrons. The Bertz CT molecular complexity index is 1370. The zero-order valence-electron chi connectivity index (χ0n) is 18.8. The highest BCUT2D eigenvalue weighted by molar-refractivity contribution is 5.95. The van der Waals surface area contributed by atoms with Gasteiger partial charge in [0.1, 0.15) is 23.1 Å². The van der Waals surface area contributed by atoms with Crippen molar-refractivity contribution >= 4 is 23.8 Å². The molecule has 1 aliphatic heterocycles. The maximum atomic E-state index is 14.3. The number of carbonyl (C=O) groups excluding carboxylic acids is 2. The van der Waals surface area contributed by atoms with E-state index in [-0.39, 0.29) is 41.1 Å². The van der Waals surface area contributed by atoms with Gasteiger partial charge in [0.2, 0.25) is 0 Å². The molecule has 11 nitrogen and oxygen atoms in total. The number of aromatic nitrogens is 1. The van der Waals surface area contributed by atoms with Gasteiger partial charge < -0.3 is 19.9 Å². The van der Waals surface area contributed by atoms with Gasteiger partial charge in [-0.25, -0.2) is 28.8 Å². The lowest BCUT2D eigenvalue weighted by Gasteiger charge is -2.16. The quantitative estimate of drug-likeness (QED) is 0.330. The number of benzene rings is 2. The summed E-state index contributed by atoms with van der Waals surface area (Å²) in [6, 6.07) is 10.1. The summed E-state index contributed by atoms with van der Waals surface area (Å²) in [7, 11) is 0. The third-order valence-corrected chi connectivity index (χ3v) is 5.93. The van der Waals surface area contributed by atoms with Crippen molar-refractivity contribution in [3.05, 3.63) is 77.5 Å². The maximum absolute atomic E-state index is 14.3. The summed E-state index contributed by atoms with van der Waals surface area (Å²) in [4.78, 5) is 38.8. The minimum atomic E-state index is -1.39. The number of hydrogen-bond acceptors (Lipinski definition) is 6. The molecule has 5 N–H and O–H groups in total. The Kier molecular flexibility index (Phi) is 6.17. The summed E-state index contributed by atoms with van der Waals surface area (Å²) in [5.74, 6) is -1.46. The fourth-order valence-corrected chi connectivity index (χ4v) is 4.17. The van der Waals surface area contributed by atoms with Crippen LogP contribution in [0.5, 0.6) is 17.2 Å². The minimum absolute atomic E-state index is 0.101. The van der Waals surface area contributed by atoms with Crippen LogP contribution in [0, 0.1) is 17.6 Å². The van der Waals surface area contributed by atoms with E-state index in [2.05, 4.69) is 15.6 Å². The van der Waals surface area contributed by atoms with E-state index < -0.39 is 35.7 Å². The van der Waals surface area contributed by atoms with E-state index in [0.29, 0.717) is 11.5 Å². The number of hydrogen-bond donors (Lipinski definition) is 5. The summed E-state index contributed by atoms with van der Waals surface area (Å²) in [6.45, 7) is 0.179. The number of ether oxygens (including phenoxy) is 2. The van der Waals surface area contributed by atoms with Crippen LogP contribution in [-0.2, 0) is 0 Å². The van der Waals surface area contributed by atoms with Crippen molar-refractivity contribution in [2.24, 2.45) is 5.92 Å². The Morgan fingerprint density at radius 2 is 1.70 bits per heavy atom. The number of halogens is 2. The van der Waals surface area contributed by atoms with Crippen LogP contribution in [0.2, 0.25) is 0 Å². The molecule has 0 spiro atoms. The third kappa shape index (κ3) is 5.05. The number of pyridine rings is 1. The molecule has 1 fully saturated rings. The van der Waals surface area contributed by atoms with Gasteiger partial charge in [-0.2, -0.15) is 0 Å². The summed E-state index contributed by atoms with van der Waals surface area (Å²) in [6.07, 6.45) is -0.0131. The Morgan fingerprint density at radius 3 is 2.41 bits per heavy atom. The van der Waals surface area contributed by atoms with Gasteiger partial charge >= 0.3 is 12.1 Å². The molecule has 1 aromatic heterocycles. The van der Waals surface area contributed by atoms with Crippen LogP contribution < -0.4 is 31.0 Å². The number of fused-ring (bicyclic) bond motifs is 3. The highest BCUT2D eigenvalue weighted by Crippen LogP contribution is 2.55. The Labute approximate surface area is 207 Å². The van der Waals surface area contributed by atoms with Crippen LogP contribution >= 0.6 is 0 Å². The lowest BCUT2D eigenvalue weighted by atomic mass is 10.0. The molecule has 13 heteroatoms. The molecule has 0 saturated heterocycles. The first-order valence-electron chi connectivity index (χ1n) is 11.0. The molecule has 0 unspecified atom stereocenters. The number of rotatable bonds is 5. The van der Waals surface area contributed by atoms with Crippen LogP contribution in [0.25, 0.3) is 0 Å². The second-order valence-electron chi connectivity index (χ2n) is 8.29. The van der Waals surface area contributed by atoms with Crippen molar-refractivity contribution in [2.45, 2.75) is 12.0 Å². The molecular weight excluding hydrogens is 492 g/mol. The van der Waals surface area contributed by atoms with Crippen LogP contribution in [0.1, 0.15) is 21.8 Å². The van der Waals surface area contributed by atoms with E-state index in [1.54, 1.807) is 11.5 Å². The highest BCUT2D eigenvalue weighted by atomic mass is 19.1. The first kappa shape index (κ1) is 23.8. The fraction of sp³-hybridized carbons (Fsp3) is 0.167. The van der Waals surface area contributed by atoms with E-state index in [0.717, 1.165) is 12.1 Å². The molecule has 1 aliphatic carbocycles. The summed E-state index contributed by atoms with van der Waals surface area (Å²) >= 11 is 0. The average molecular weight is 511 g/mol. The van der Waals surface area contributed by atoms with Crippen LogP contribution in [-0.4, -0.2) is 40.8 Å². The van der Waals surface area contributed by atoms with Crippen molar-refractivity contribution in [3.8, 4) is 17.2 Å². The number of nitrogens with zero attached hydrogens (tertiary/aromatic N) is 1. The standard InChI is InChI=1S/C24H19F2N5O6/c25-15-6-7-16(26)21-19(15)18-14(10-36-21)20(18)29-23(33)28-17-8-5-13(9-27-17)37-12-3-1-11(2-4-12)22(32)30-31-24(34)35/h1-9,14,18,20,31H,10H2,(H,30,32)(H,34,35)(H2,27,28,29,33)/t14-,18-,20+/m0/s1. The number of anilines is 1. The van der Waals surface area contributed by atoms with Gasteiger partial charge in [-0.05, 0) is 48.5 Å². The number of amides is 4. The molecule has 2 aliphatic rings. The number of carboxylic acid groups (broad SMARTS) is 1. The predicted molar refractivity (Wildman–Crippen MR) is 123 cm³/mol. The van der Waals surface area contributed by atoms with Crippen molar-refractivity contribution in [1.29, 1.82) is 0 Å². The molecule has 2 aromatic carbocycles. The third-order valence-electron chi connectivity index (χ3n) is 5.93. The second kappa shape index (κ2) is 9.60. The zero-order valence-corrected chi connectivity index (χ0v) is 18.8. The molecule has 4 amide bonds. The summed E-state index contributed by atoms with van der Waals surface area (Å²) < 4.78 is 39.2. The monoisotopic (exact) mass is 511 g/mol. The first-order valence-corrected chi connectivity index (χ1v) is 11.0. The second-order valence-corrected chi connectivity index (χ2v) is 8.29. The summed E-state index contributed by atoms with van der Waals surface area (Å²) in [5.41, 5.74) is 4.13. The van der Waals surface area contributed by atoms with E-state index in [4.69, 9.17) is 14.6 Å². The van der Waals surface area contributed by atoms with Crippen molar-refractivity contribution in [3.63, 3.8) is 0 Å². The number of carbonyl (C=O) groups is 3. The van der Waals surface area contributed by atoms with Gasteiger partial charge in [0.05, 0.1) is 12.8 Å². The number of nitrogens with one attached hydrogen (secondary N) is 4. The normalized spacial score (nSPS) is 18.8. The van der Waals surface area contributed by atoms with Gasteiger partial charge in [0, 0.05) is 29.0 Å². The first-order chi connectivity index (χ1) is 17.8. The molecule has 2 heterocycles. The lowest BCUT2D eigenvalue weighted by Crippen LogP contribution is -2.40. The van der Waals surface area contributed by atoms with Gasteiger partial charge in [0.15, 0.2) is 11.6 Å². The van der Waals surface area contributed by atoms with Gasteiger partial charge in [-0.15, -0.1) is 0 Å². The number of urea groups is 1. The molecule has 0 bridgehead atoms. The topological polar surface area (TPSA) is 151 Å². The Balaban J connectivity index is 1.14. The number of hydrazine groups is 1. The van der Waals surface area contributed by atoms with Crippen LogP contribution in [0.15, 0.2) is 54.7 Å². The Hall–Kier alpha value is -4.94. The lowest BCUT2D eigenvalue weighted by molar-refractivity contribution is 0.0926. The van der Waals surface area contributed by atoms with E-state index in [9.17, 15) is 23.2 Å². The predicted octanol–water partition coefficient (Wildman–Crippen LogP) is 3.36. The SMILES string of the molecule is O=C(O)NNC(=O)c1ccc(Oc2ccc(NC(=O)N[C@@H]3[C@H]4COc5c(F)ccc(F)c5[C@H]43)nc2)cc1. The molecule has 37 heavy (non-hydrogen) atoms. The van der Waals surface area contributed by atoms with Crippen molar-refractivity contribution < 1.29 is 37.7 Å². The van der Waals surface area contributed by atoms with Gasteiger partial charge in [-0.1, -0.05) is 0 Å². The van der Waals surface area contributed by atoms with E-state index in [1.807, 2.05) is 5.43 Å². The van der Waals surface area contributed by atoms with Gasteiger partial charge in [0.25, 0.3) is 5.91 Å². The largest absolute Gasteiger partial charge is 0.490 e. The summed E-state index contributed by atoms with van der Waals surface area (Å²) in [5, 5.41) is 13.9. The molecular formula is C24H19F2N5O6. The fourth-order valence-electron chi connectivity index (χ4n) is 4.17. The van der Waals surface area contributed by atoms with Crippen LogP contribution in [0.4, 0.5) is 24.2 Å². The van der Waals surface area contributed by atoms with Crippen molar-refractivity contribution in [1.82, 2.24) is 21.2 Å². The van der Waals surface area contributed by atoms with Crippen LogP contribution in [0.3, 0.4) is 0 Å². The average Bonchev–Trinajstić information content (AvgIpc) is 3.58. The minimum Gasteiger partial charge on any atom is -0.490 e. The Morgan fingerprint density at radius 1 is 0.973 bits per heavy atom. The molecule has 3 atom stereocenters. The molecule has 1 saturated carbocycles. The smallest absolute Gasteiger partial charge is 0.423 e. The van der Waals surface area contributed by atoms with E-state index in [1.165, 1.54) is 36.5 Å².